The number of ketones is 1. The molecule has 0 spiro atoms. The lowest BCUT2D eigenvalue weighted by Gasteiger charge is -2.21. The van der Waals surface area contributed by atoms with Gasteiger partial charge in [0, 0.05) is 12.4 Å². The monoisotopic (exact) mass is 343 g/mol. The van der Waals surface area contributed by atoms with Crippen LogP contribution in [0.15, 0.2) is 12.4 Å². The number of amides is 1. The highest BCUT2D eigenvalue weighted by Crippen LogP contribution is 2.07. The van der Waals surface area contributed by atoms with Crippen molar-refractivity contribution in [2.24, 2.45) is 0 Å². The van der Waals surface area contributed by atoms with Crippen molar-refractivity contribution in [1.82, 2.24) is 15.3 Å². The van der Waals surface area contributed by atoms with Gasteiger partial charge in [0.05, 0.1) is 5.56 Å². The van der Waals surface area contributed by atoms with E-state index in [1.54, 1.807) is 20.8 Å². The topological polar surface area (TPSA) is 107 Å². The van der Waals surface area contributed by atoms with Gasteiger partial charge in [-0.3, -0.25) is 4.79 Å². The Kier molecular flexibility index (Phi) is 6.44. The van der Waals surface area contributed by atoms with Crippen LogP contribution in [-0.4, -0.2) is 46.1 Å². The molecule has 126 valence electrons. The first-order valence-corrected chi connectivity index (χ1v) is 7.13. The Balaban J connectivity index is 2.45. The van der Waals surface area contributed by atoms with Gasteiger partial charge in [-0.15, -0.1) is 0 Å². The Morgan fingerprint density at radius 1 is 1.26 bits per heavy atom. The first-order chi connectivity index (χ1) is 10.6. The summed E-state index contributed by atoms with van der Waals surface area (Å²) in [5, 5.41) is 2.33. The van der Waals surface area contributed by atoms with E-state index in [-0.39, 0.29) is 10.8 Å². The summed E-state index contributed by atoms with van der Waals surface area (Å²) in [7, 11) is 0. The second-order valence-electron chi connectivity index (χ2n) is 5.64. The van der Waals surface area contributed by atoms with E-state index in [4.69, 9.17) is 21.1 Å². The lowest BCUT2D eigenvalue weighted by atomic mass is 10.2. The quantitative estimate of drug-likeness (QED) is 0.493. The number of aromatic nitrogens is 2. The average molecular weight is 344 g/mol. The molecule has 0 unspecified atom stereocenters. The maximum absolute atomic E-state index is 11.8. The standard InChI is InChI=1S/C14H18ClN3O5/c1-8(18-13(21)23-14(2,3)4)11(20)22-7-10(19)9-5-16-12(15)17-6-9/h5-6,8H,7H2,1-4H3,(H,18,21)/t8-/m0/s1. The van der Waals surface area contributed by atoms with E-state index in [1.165, 1.54) is 19.3 Å². The van der Waals surface area contributed by atoms with Crippen molar-refractivity contribution < 1.29 is 23.9 Å². The van der Waals surface area contributed by atoms with Gasteiger partial charge in [0.25, 0.3) is 0 Å². The van der Waals surface area contributed by atoms with Gasteiger partial charge in [-0.1, -0.05) is 0 Å². The molecule has 0 aromatic carbocycles. The van der Waals surface area contributed by atoms with Crippen LogP contribution in [0.1, 0.15) is 38.1 Å². The Bertz CT molecular complexity index is 583. The Morgan fingerprint density at radius 3 is 2.35 bits per heavy atom. The largest absolute Gasteiger partial charge is 0.456 e. The van der Waals surface area contributed by atoms with Crippen molar-refractivity contribution in [2.45, 2.75) is 39.3 Å². The first-order valence-electron chi connectivity index (χ1n) is 6.75. The zero-order valence-corrected chi connectivity index (χ0v) is 14.0. The molecule has 0 radical (unpaired) electrons. The average Bonchev–Trinajstić information content (AvgIpc) is 2.42. The molecule has 0 saturated carbocycles. The second-order valence-corrected chi connectivity index (χ2v) is 5.98. The summed E-state index contributed by atoms with van der Waals surface area (Å²) >= 11 is 5.51. The number of nitrogens with zero attached hydrogens (tertiary/aromatic N) is 2. The molecular formula is C14H18ClN3O5. The molecule has 0 aliphatic heterocycles. The van der Waals surface area contributed by atoms with Crippen LogP contribution in [0.4, 0.5) is 4.79 Å². The minimum atomic E-state index is -0.959. The van der Waals surface area contributed by atoms with Crippen LogP contribution in [0.2, 0.25) is 5.28 Å². The van der Waals surface area contributed by atoms with Crippen LogP contribution in [0.25, 0.3) is 0 Å². The minimum absolute atomic E-state index is 0.00808. The number of hydrogen-bond donors (Lipinski definition) is 1. The smallest absolute Gasteiger partial charge is 0.408 e. The van der Waals surface area contributed by atoms with E-state index in [2.05, 4.69) is 15.3 Å². The number of nitrogens with one attached hydrogen (secondary N) is 1. The molecule has 1 heterocycles. The molecule has 23 heavy (non-hydrogen) atoms. The maximum atomic E-state index is 11.8. The van der Waals surface area contributed by atoms with E-state index in [9.17, 15) is 14.4 Å². The SMILES string of the molecule is C[C@H](NC(=O)OC(C)(C)C)C(=O)OCC(=O)c1cnc(Cl)nc1. The van der Waals surface area contributed by atoms with Crippen LogP contribution < -0.4 is 5.32 Å². The highest BCUT2D eigenvalue weighted by molar-refractivity contribution is 6.28. The van der Waals surface area contributed by atoms with Gasteiger partial charge in [-0.2, -0.15) is 0 Å². The molecule has 0 bridgehead atoms. The van der Waals surface area contributed by atoms with Gasteiger partial charge in [0.15, 0.2) is 6.61 Å². The van der Waals surface area contributed by atoms with E-state index in [1.807, 2.05) is 0 Å². The Hall–Kier alpha value is -2.22. The van der Waals surface area contributed by atoms with E-state index in [0.717, 1.165) is 0 Å². The zero-order chi connectivity index (χ0) is 17.6. The van der Waals surface area contributed by atoms with Crippen LogP contribution >= 0.6 is 11.6 Å². The number of ether oxygens (including phenoxy) is 2. The van der Waals surface area contributed by atoms with Crippen molar-refractivity contribution in [3.63, 3.8) is 0 Å². The molecule has 8 nitrogen and oxygen atoms in total. The van der Waals surface area contributed by atoms with Crippen LogP contribution in [0, 0.1) is 0 Å². The lowest BCUT2D eigenvalue weighted by Crippen LogP contribution is -2.42. The molecule has 1 amide bonds. The number of carbonyl (C=O) groups is 3. The molecular weight excluding hydrogens is 326 g/mol. The highest BCUT2D eigenvalue weighted by atomic mass is 35.5. The Morgan fingerprint density at radius 2 is 1.83 bits per heavy atom. The summed E-state index contributed by atoms with van der Waals surface area (Å²) < 4.78 is 9.84. The number of hydrogen-bond acceptors (Lipinski definition) is 7. The number of halogens is 1. The van der Waals surface area contributed by atoms with Crippen LogP contribution in [0.5, 0.6) is 0 Å². The fourth-order valence-corrected chi connectivity index (χ4v) is 1.44. The Labute approximate surface area is 138 Å². The maximum Gasteiger partial charge on any atom is 0.408 e. The molecule has 1 aromatic rings. The van der Waals surface area contributed by atoms with Gasteiger partial charge >= 0.3 is 12.1 Å². The fraction of sp³-hybridized carbons (Fsp3) is 0.500. The molecule has 0 fully saturated rings. The lowest BCUT2D eigenvalue weighted by molar-refractivity contribution is -0.144. The summed E-state index contributed by atoms with van der Waals surface area (Å²) in [5.74, 6) is -1.25. The predicted octanol–water partition coefficient (Wildman–Crippen LogP) is 1.77. The molecule has 9 heteroatoms. The normalized spacial score (nSPS) is 12.2. The molecule has 0 saturated heterocycles. The summed E-state index contributed by atoms with van der Waals surface area (Å²) in [6.07, 6.45) is 1.71. The third-order valence-electron chi connectivity index (χ3n) is 2.37. The zero-order valence-electron chi connectivity index (χ0n) is 13.3. The van der Waals surface area contributed by atoms with E-state index < -0.39 is 36.1 Å². The number of esters is 1. The summed E-state index contributed by atoms with van der Waals surface area (Å²) in [6, 6.07) is -0.959. The van der Waals surface area contributed by atoms with Crippen LogP contribution in [0.3, 0.4) is 0 Å². The van der Waals surface area contributed by atoms with Gasteiger partial charge in [-0.25, -0.2) is 19.6 Å². The summed E-state index contributed by atoms with van der Waals surface area (Å²) in [4.78, 5) is 42.4. The fourth-order valence-electron chi connectivity index (χ4n) is 1.34. The van der Waals surface area contributed by atoms with Crippen LogP contribution in [-0.2, 0) is 14.3 Å². The molecule has 1 aromatic heterocycles. The van der Waals surface area contributed by atoms with E-state index >= 15 is 0 Å². The third kappa shape index (κ3) is 7.05. The molecule has 1 N–H and O–H groups in total. The second kappa shape index (κ2) is 7.87. The minimum Gasteiger partial charge on any atom is -0.456 e. The summed E-state index contributed by atoms with van der Waals surface area (Å²) in [6.45, 7) is 6.01. The number of rotatable bonds is 5. The van der Waals surface area contributed by atoms with Gasteiger partial charge < -0.3 is 14.8 Å². The number of alkyl carbamates (subject to hydrolysis) is 1. The van der Waals surface area contributed by atoms with Crippen molar-refractivity contribution in [2.75, 3.05) is 6.61 Å². The molecule has 1 rings (SSSR count). The van der Waals surface area contributed by atoms with Crippen molar-refractivity contribution in [3.05, 3.63) is 23.2 Å². The van der Waals surface area contributed by atoms with Gasteiger partial charge in [-0.05, 0) is 39.3 Å². The van der Waals surface area contributed by atoms with Crippen molar-refractivity contribution >= 4 is 29.4 Å². The number of carbonyl (C=O) groups excluding carboxylic acids is 3. The van der Waals surface area contributed by atoms with Crippen molar-refractivity contribution in [1.29, 1.82) is 0 Å². The first kappa shape index (κ1) is 18.8. The van der Waals surface area contributed by atoms with Gasteiger partial charge in [0.2, 0.25) is 11.1 Å². The predicted molar refractivity (Wildman–Crippen MR) is 81.2 cm³/mol. The molecule has 1 atom stereocenters. The van der Waals surface area contributed by atoms with Gasteiger partial charge in [0.1, 0.15) is 11.6 Å². The summed E-state index contributed by atoms with van der Waals surface area (Å²) in [5.41, 5.74) is -0.520. The number of Topliss-reactive ketones (excluding diaryl/α,β-unsaturated/α-hetero) is 1. The third-order valence-corrected chi connectivity index (χ3v) is 2.57. The highest BCUT2D eigenvalue weighted by Gasteiger charge is 2.22. The van der Waals surface area contributed by atoms with Crippen molar-refractivity contribution in [3.8, 4) is 0 Å². The molecule has 0 aliphatic carbocycles. The molecule has 0 aliphatic rings. The van der Waals surface area contributed by atoms with E-state index in [0.29, 0.717) is 0 Å².